The fourth-order valence-electron chi connectivity index (χ4n) is 1.95. The summed E-state index contributed by atoms with van der Waals surface area (Å²) < 4.78 is 5.19. The summed E-state index contributed by atoms with van der Waals surface area (Å²) in [4.78, 5) is 12.1. The summed E-state index contributed by atoms with van der Waals surface area (Å²) in [7, 11) is 1.62. The molecule has 0 saturated heterocycles. The predicted octanol–water partition coefficient (Wildman–Crippen LogP) is 2.71. The lowest BCUT2D eigenvalue weighted by molar-refractivity contribution is 0.102. The van der Waals surface area contributed by atoms with Gasteiger partial charge in [0.1, 0.15) is 5.75 Å². The maximum absolute atomic E-state index is 12.1. The molecule has 1 amide bonds. The van der Waals surface area contributed by atoms with Gasteiger partial charge in [-0.3, -0.25) is 4.79 Å². The van der Waals surface area contributed by atoms with E-state index in [1.165, 1.54) is 0 Å². The molecule has 0 aromatic heterocycles. The van der Waals surface area contributed by atoms with E-state index in [-0.39, 0.29) is 5.91 Å². The molecule has 0 radical (unpaired) electrons. The minimum atomic E-state index is -0.141. The molecule has 0 fully saturated rings. The van der Waals surface area contributed by atoms with Crippen LogP contribution < -0.4 is 15.8 Å². The molecule has 0 aliphatic rings. The third kappa shape index (κ3) is 3.16. The molecule has 104 valence electrons. The molecule has 3 N–H and O–H groups in total. The molecule has 0 saturated carbocycles. The van der Waals surface area contributed by atoms with Crippen molar-refractivity contribution >= 4 is 11.6 Å². The number of aryl methyl sites for hydroxylation is 1. The van der Waals surface area contributed by atoms with Crippen LogP contribution in [0, 0.1) is 6.92 Å². The molecule has 2 aromatic carbocycles. The van der Waals surface area contributed by atoms with Crippen molar-refractivity contribution in [2.24, 2.45) is 5.73 Å². The van der Waals surface area contributed by atoms with Gasteiger partial charge in [0.15, 0.2) is 0 Å². The zero-order valence-electron chi connectivity index (χ0n) is 11.6. The Bertz CT molecular complexity index is 606. The quantitative estimate of drug-likeness (QED) is 0.897. The summed E-state index contributed by atoms with van der Waals surface area (Å²) in [5, 5.41) is 2.86. The summed E-state index contributed by atoms with van der Waals surface area (Å²) in [6.45, 7) is 2.41. The van der Waals surface area contributed by atoms with Crippen LogP contribution in [0.2, 0.25) is 0 Å². The largest absolute Gasteiger partial charge is 0.496 e. The summed E-state index contributed by atoms with van der Waals surface area (Å²) in [6.07, 6.45) is 0. The van der Waals surface area contributed by atoms with Crippen molar-refractivity contribution in [3.63, 3.8) is 0 Å². The Labute approximate surface area is 118 Å². The van der Waals surface area contributed by atoms with Crippen molar-refractivity contribution in [1.82, 2.24) is 0 Å². The first-order valence-electron chi connectivity index (χ1n) is 6.39. The van der Waals surface area contributed by atoms with Gasteiger partial charge in [0, 0.05) is 17.8 Å². The number of hydrogen-bond donors (Lipinski definition) is 2. The number of ether oxygens (including phenoxy) is 1. The van der Waals surface area contributed by atoms with Gasteiger partial charge in [-0.25, -0.2) is 0 Å². The van der Waals surface area contributed by atoms with Gasteiger partial charge in [-0.05, 0) is 48.4 Å². The number of carbonyl (C=O) groups excluding carboxylic acids is 1. The maximum Gasteiger partial charge on any atom is 0.255 e. The van der Waals surface area contributed by atoms with Crippen LogP contribution in [0.1, 0.15) is 21.5 Å². The van der Waals surface area contributed by atoms with E-state index in [9.17, 15) is 4.79 Å². The van der Waals surface area contributed by atoms with Crippen LogP contribution >= 0.6 is 0 Å². The van der Waals surface area contributed by atoms with Crippen molar-refractivity contribution in [2.45, 2.75) is 13.5 Å². The minimum absolute atomic E-state index is 0.141. The molecule has 0 unspecified atom stereocenters. The molecule has 2 aromatic rings. The van der Waals surface area contributed by atoms with Crippen molar-refractivity contribution < 1.29 is 9.53 Å². The average molecular weight is 270 g/mol. The third-order valence-electron chi connectivity index (χ3n) is 3.10. The van der Waals surface area contributed by atoms with Gasteiger partial charge in [-0.1, -0.05) is 12.1 Å². The van der Waals surface area contributed by atoms with Gasteiger partial charge in [-0.2, -0.15) is 0 Å². The molecular weight excluding hydrogens is 252 g/mol. The average Bonchev–Trinajstić information content (AvgIpc) is 2.47. The highest BCUT2D eigenvalue weighted by molar-refractivity contribution is 6.04. The Kier molecular flexibility index (Phi) is 4.38. The summed E-state index contributed by atoms with van der Waals surface area (Å²) in [5.74, 6) is 0.661. The fraction of sp³-hybridized carbons (Fsp3) is 0.188. The topological polar surface area (TPSA) is 64.3 Å². The van der Waals surface area contributed by atoms with Gasteiger partial charge >= 0.3 is 0 Å². The number of benzene rings is 2. The number of anilines is 1. The van der Waals surface area contributed by atoms with Crippen LogP contribution in [-0.2, 0) is 6.54 Å². The number of rotatable bonds is 4. The lowest BCUT2D eigenvalue weighted by Gasteiger charge is -2.09. The normalized spacial score (nSPS) is 10.2. The highest BCUT2D eigenvalue weighted by Gasteiger charge is 2.07. The highest BCUT2D eigenvalue weighted by atomic mass is 16.5. The zero-order valence-corrected chi connectivity index (χ0v) is 11.6. The lowest BCUT2D eigenvalue weighted by atomic mass is 10.1. The smallest absolute Gasteiger partial charge is 0.255 e. The first kappa shape index (κ1) is 14.1. The van der Waals surface area contributed by atoms with E-state index in [0.717, 1.165) is 22.6 Å². The molecule has 4 heteroatoms. The van der Waals surface area contributed by atoms with Gasteiger partial charge in [0.05, 0.1) is 7.11 Å². The van der Waals surface area contributed by atoms with Gasteiger partial charge < -0.3 is 15.8 Å². The van der Waals surface area contributed by atoms with Crippen LogP contribution in [-0.4, -0.2) is 13.0 Å². The fourth-order valence-corrected chi connectivity index (χ4v) is 1.95. The molecule has 0 aliphatic heterocycles. The first-order chi connectivity index (χ1) is 9.63. The van der Waals surface area contributed by atoms with Crippen LogP contribution in [0.4, 0.5) is 5.69 Å². The zero-order chi connectivity index (χ0) is 14.5. The number of carbonyl (C=O) groups is 1. The Morgan fingerprint density at radius 3 is 2.45 bits per heavy atom. The van der Waals surface area contributed by atoms with E-state index < -0.39 is 0 Å². The molecule has 0 spiro atoms. The van der Waals surface area contributed by atoms with E-state index >= 15 is 0 Å². The molecular formula is C16H18N2O2. The Morgan fingerprint density at radius 1 is 1.20 bits per heavy atom. The number of hydrogen-bond acceptors (Lipinski definition) is 3. The second-order valence-corrected chi connectivity index (χ2v) is 4.54. The number of methoxy groups -OCH3 is 1. The second kappa shape index (κ2) is 6.21. The van der Waals surface area contributed by atoms with Crippen molar-refractivity contribution in [3.8, 4) is 5.75 Å². The van der Waals surface area contributed by atoms with E-state index in [0.29, 0.717) is 12.1 Å². The maximum atomic E-state index is 12.1. The Morgan fingerprint density at radius 2 is 1.90 bits per heavy atom. The van der Waals surface area contributed by atoms with Gasteiger partial charge in [0.2, 0.25) is 0 Å². The van der Waals surface area contributed by atoms with Crippen molar-refractivity contribution in [1.29, 1.82) is 0 Å². The number of nitrogens with one attached hydrogen (secondary N) is 1. The number of nitrogens with two attached hydrogens (primary N) is 1. The summed E-state index contributed by atoms with van der Waals surface area (Å²) in [6, 6.07) is 12.8. The van der Waals surface area contributed by atoms with Crippen LogP contribution in [0.15, 0.2) is 42.5 Å². The van der Waals surface area contributed by atoms with Crippen molar-refractivity contribution in [2.75, 3.05) is 12.4 Å². The third-order valence-corrected chi connectivity index (χ3v) is 3.10. The molecule has 0 bridgehead atoms. The van der Waals surface area contributed by atoms with Crippen LogP contribution in [0.3, 0.4) is 0 Å². The van der Waals surface area contributed by atoms with E-state index in [1.54, 1.807) is 19.2 Å². The molecule has 0 aliphatic carbocycles. The highest BCUT2D eigenvalue weighted by Crippen LogP contribution is 2.21. The van der Waals surface area contributed by atoms with E-state index in [4.69, 9.17) is 10.5 Å². The van der Waals surface area contributed by atoms with Gasteiger partial charge in [-0.15, -0.1) is 0 Å². The molecule has 0 heterocycles. The molecule has 2 rings (SSSR count). The minimum Gasteiger partial charge on any atom is -0.496 e. The predicted molar refractivity (Wildman–Crippen MR) is 80.0 cm³/mol. The summed E-state index contributed by atoms with van der Waals surface area (Å²) in [5.41, 5.74) is 8.86. The second-order valence-electron chi connectivity index (χ2n) is 4.54. The Balaban J connectivity index is 2.12. The molecule has 0 atom stereocenters. The standard InChI is InChI=1S/C16H18N2O2/c1-11-9-14(7-8-15(11)20-2)18-16(19)13-5-3-12(10-17)4-6-13/h3-9H,10,17H2,1-2H3,(H,18,19). The van der Waals surface area contributed by atoms with Crippen LogP contribution in [0.25, 0.3) is 0 Å². The lowest BCUT2D eigenvalue weighted by Crippen LogP contribution is -2.12. The van der Waals surface area contributed by atoms with Crippen molar-refractivity contribution in [3.05, 3.63) is 59.2 Å². The Hall–Kier alpha value is -2.33. The summed E-state index contributed by atoms with van der Waals surface area (Å²) >= 11 is 0. The van der Waals surface area contributed by atoms with Crippen LogP contribution in [0.5, 0.6) is 5.75 Å². The first-order valence-corrected chi connectivity index (χ1v) is 6.39. The van der Waals surface area contributed by atoms with E-state index in [2.05, 4.69) is 5.32 Å². The monoisotopic (exact) mass is 270 g/mol. The SMILES string of the molecule is COc1ccc(NC(=O)c2ccc(CN)cc2)cc1C. The molecule has 4 nitrogen and oxygen atoms in total. The van der Waals surface area contributed by atoms with E-state index in [1.807, 2.05) is 37.3 Å². The number of amides is 1. The molecule has 20 heavy (non-hydrogen) atoms. The van der Waals surface area contributed by atoms with Gasteiger partial charge in [0.25, 0.3) is 5.91 Å².